The first-order valence-corrected chi connectivity index (χ1v) is 10.1. The molecule has 1 saturated carbocycles. The Morgan fingerprint density at radius 1 is 1.24 bits per heavy atom. The van der Waals surface area contributed by atoms with Crippen molar-refractivity contribution in [2.75, 3.05) is 6.54 Å². The van der Waals surface area contributed by atoms with Crippen LogP contribution < -0.4 is 9.46 Å². The van der Waals surface area contributed by atoms with Crippen molar-refractivity contribution in [2.24, 2.45) is 0 Å². The predicted octanol–water partition coefficient (Wildman–Crippen LogP) is 3.13. The fourth-order valence-electron chi connectivity index (χ4n) is 3.12. The molecule has 1 aromatic carbocycles. The van der Waals surface area contributed by atoms with Gasteiger partial charge in [0.05, 0.1) is 16.7 Å². The van der Waals surface area contributed by atoms with Crippen LogP contribution in [0.4, 0.5) is 0 Å². The molecule has 1 aromatic heterocycles. The highest BCUT2D eigenvalue weighted by atomic mass is 32.2. The highest BCUT2D eigenvalue weighted by molar-refractivity contribution is 7.89. The Morgan fingerprint density at radius 2 is 2.00 bits per heavy atom. The SMILES string of the molecule is Cc1cc(CCNS(=O)(=O)c2ccc(OC3CCCC3)cc2C)no1. The molecule has 3 rings (SSSR count). The maximum Gasteiger partial charge on any atom is 0.240 e. The van der Waals surface area contributed by atoms with Gasteiger partial charge in [-0.15, -0.1) is 0 Å². The van der Waals surface area contributed by atoms with E-state index in [4.69, 9.17) is 9.26 Å². The van der Waals surface area contributed by atoms with Gasteiger partial charge in [-0.3, -0.25) is 0 Å². The quantitative estimate of drug-likeness (QED) is 0.816. The van der Waals surface area contributed by atoms with Crippen LogP contribution in [0, 0.1) is 13.8 Å². The first kappa shape index (κ1) is 17.9. The van der Waals surface area contributed by atoms with Gasteiger partial charge in [-0.2, -0.15) is 0 Å². The molecule has 2 aromatic rings. The number of aryl methyl sites for hydroxylation is 2. The maximum atomic E-state index is 12.5. The van der Waals surface area contributed by atoms with Crippen LogP contribution in [-0.4, -0.2) is 26.2 Å². The third-order valence-corrected chi connectivity index (χ3v) is 6.01. The molecule has 1 heterocycles. The van der Waals surface area contributed by atoms with Crippen LogP contribution in [-0.2, 0) is 16.4 Å². The number of aromatic nitrogens is 1. The summed E-state index contributed by atoms with van der Waals surface area (Å²) in [6.45, 7) is 3.87. The summed E-state index contributed by atoms with van der Waals surface area (Å²) in [5.74, 6) is 1.45. The Bertz CT molecular complexity index is 823. The van der Waals surface area contributed by atoms with E-state index in [1.807, 2.05) is 0 Å². The standard InChI is InChI=1S/C18H24N2O4S/c1-13-11-17(23-16-5-3-4-6-16)7-8-18(13)25(21,22)19-10-9-15-12-14(2)24-20-15/h7-8,11-12,16,19H,3-6,9-10H2,1-2H3. The summed E-state index contributed by atoms with van der Waals surface area (Å²) >= 11 is 0. The lowest BCUT2D eigenvalue weighted by Crippen LogP contribution is -2.26. The molecular weight excluding hydrogens is 340 g/mol. The van der Waals surface area contributed by atoms with Crippen molar-refractivity contribution in [3.8, 4) is 5.75 Å². The second-order valence-corrected chi connectivity index (χ2v) is 8.26. The third kappa shape index (κ3) is 4.61. The van der Waals surface area contributed by atoms with E-state index in [2.05, 4.69) is 9.88 Å². The lowest BCUT2D eigenvalue weighted by atomic mass is 10.2. The minimum absolute atomic E-state index is 0.255. The third-order valence-electron chi connectivity index (χ3n) is 4.39. The Kier molecular flexibility index (Phi) is 5.44. The second kappa shape index (κ2) is 7.58. The average Bonchev–Trinajstić information content (AvgIpc) is 3.19. The van der Waals surface area contributed by atoms with Gasteiger partial charge in [-0.25, -0.2) is 13.1 Å². The minimum Gasteiger partial charge on any atom is -0.490 e. The van der Waals surface area contributed by atoms with Crippen molar-refractivity contribution in [3.05, 3.63) is 41.3 Å². The van der Waals surface area contributed by atoms with E-state index in [9.17, 15) is 8.42 Å². The number of sulfonamides is 1. The Labute approximate surface area is 148 Å². The van der Waals surface area contributed by atoms with Gasteiger partial charge in [0.2, 0.25) is 10.0 Å². The first-order chi connectivity index (χ1) is 11.9. The van der Waals surface area contributed by atoms with Crippen molar-refractivity contribution in [3.63, 3.8) is 0 Å². The fourth-order valence-corrected chi connectivity index (χ4v) is 4.38. The van der Waals surface area contributed by atoms with Crippen molar-refractivity contribution in [1.82, 2.24) is 9.88 Å². The number of hydrogen-bond donors (Lipinski definition) is 1. The van der Waals surface area contributed by atoms with Crippen molar-refractivity contribution < 1.29 is 17.7 Å². The van der Waals surface area contributed by atoms with Gasteiger partial charge in [0, 0.05) is 19.0 Å². The van der Waals surface area contributed by atoms with Crippen LogP contribution in [0.25, 0.3) is 0 Å². The number of nitrogens with zero attached hydrogens (tertiary/aromatic N) is 1. The van der Waals surface area contributed by atoms with Crippen molar-refractivity contribution in [2.45, 2.75) is 57.0 Å². The molecule has 0 radical (unpaired) electrons. The summed E-state index contributed by atoms with van der Waals surface area (Å²) in [4.78, 5) is 0.280. The normalized spacial score (nSPS) is 15.6. The summed E-state index contributed by atoms with van der Waals surface area (Å²) in [6, 6.07) is 6.95. The van der Waals surface area contributed by atoms with Gasteiger partial charge >= 0.3 is 0 Å². The topological polar surface area (TPSA) is 81.4 Å². The van der Waals surface area contributed by atoms with Crippen molar-refractivity contribution in [1.29, 1.82) is 0 Å². The number of rotatable bonds is 7. The zero-order valence-electron chi connectivity index (χ0n) is 14.6. The molecule has 7 heteroatoms. The van der Waals surface area contributed by atoms with Crippen LogP contribution in [0.5, 0.6) is 5.75 Å². The number of ether oxygens (including phenoxy) is 1. The summed E-state index contributed by atoms with van der Waals surface area (Å²) in [7, 11) is -3.56. The molecule has 0 spiro atoms. The first-order valence-electron chi connectivity index (χ1n) is 8.63. The van der Waals surface area contributed by atoms with Gasteiger partial charge in [0.25, 0.3) is 0 Å². The molecule has 0 unspecified atom stereocenters. The van der Waals surface area contributed by atoms with Crippen LogP contribution in [0.3, 0.4) is 0 Å². The van der Waals surface area contributed by atoms with Gasteiger partial charge in [-0.1, -0.05) is 5.16 Å². The number of hydrogen-bond acceptors (Lipinski definition) is 5. The lowest BCUT2D eigenvalue weighted by Gasteiger charge is -2.15. The van der Waals surface area contributed by atoms with E-state index in [0.29, 0.717) is 17.7 Å². The molecule has 1 aliphatic rings. The summed E-state index contributed by atoms with van der Waals surface area (Å²) in [5.41, 5.74) is 1.41. The molecule has 25 heavy (non-hydrogen) atoms. The Balaban J connectivity index is 1.62. The molecule has 136 valence electrons. The fraction of sp³-hybridized carbons (Fsp3) is 0.500. The summed E-state index contributed by atoms with van der Waals surface area (Å²) in [5, 5.41) is 3.86. The molecule has 1 N–H and O–H groups in total. The highest BCUT2D eigenvalue weighted by Gasteiger charge is 2.19. The lowest BCUT2D eigenvalue weighted by molar-refractivity contribution is 0.210. The van der Waals surface area contributed by atoms with Crippen LogP contribution in [0.15, 0.2) is 33.7 Å². The number of nitrogens with one attached hydrogen (secondary N) is 1. The minimum atomic E-state index is -3.56. The van der Waals surface area contributed by atoms with E-state index >= 15 is 0 Å². The largest absolute Gasteiger partial charge is 0.490 e. The average molecular weight is 364 g/mol. The molecule has 6 nitrogen and oxygen atoms in total. The number of benzene rings is 1. The molecule has 0 saturated heterocycles. The van der Waals surface area contributed by atoms with Crippen LogP contribution in [0.2, 0.25) is 0 Å². The van der Waals surface area contributed by atoms with E-state index in [1.165, 1.54) is 12.8 Å². The van der Waals surface area contributed by atoms with E-state index in [-0.39, 0.29) is 17.5 Å². The molecule has 0 atom stereocenters. The van der Waals surface area contributed by atoms with Crippen LogP contribution >= 0.6 is 0 Å². The highest BCUT2D eigenvalue weighted by Crippen LogP contribution is 2.26. The molecule has 0 bridgehead atoms. The zero-order chi connectivity index (χ0) is 17.9. The monoisotopic (exact) mass is 364 g/mol. The molecule has 1 fully saturated rings. The summed E-state index contributed by atoms with van der Waals surface area (Å²) < 4.78 is 38.5. The molecular formula is C18H24N2O4S. The van der Waals surface area contributed by atoms with E-state index in [1.54, 1.807) is 38.1 Å². The molecule has 0 amide bonds. The van der Waals surface area contributed by atoms with Gasteiger partial charge in [-0.05, 0) is 63.3 Å². The van der Waals surface area contributed by atoms with E-state index in [0.717, 1.165) is 24.3 Å². The van der Waals surface area contributed by atoms with Crippen LogP contribution in [0.1, 0.15) is 42.7 Å². The Morgan fingerprint density at radius 3 is 2.64 bits per heavy atom. The molecule has 0 aliphatic heterocycles. The molecule has 1 aliphatic carbocycles. The zero-order valence-corrected chi connectivity index (χ0v) is 15.4. The predicted molar refractivity (Wildman–Crippen MR) is 94.2 cm³/mol. The second-order valence-electron chi connectivity index (χ2n) is 6.53. The Hall–Kier alpha value is -1.86. The van der Waals surface area contributed by atoms with Gasteiger partial charge < -0.3 is 9.26 Å². The summed E-state index contributed by atoms with van der Waals surface area (Å²) in [6.07, 6.45) is 5.28. The van der Waals surface area contributed by atoms with Gasteiger partial charge in [0.15, 0.2) is 0 Å². The maximum absolute atomic E-state index is 12.5. The van der Waals surface area contributed by atoms with E-state index < -0.39 is 10.0 Å². The van der Waals surface area contributed by atoms with Gasteiger partial charge in [0.1, 0.15) is 11.5 Å². The smallest absolute Gasteiger partial charge is 0.240 e. The van der Waals surface area contributed by atoms with Crippen molar-refractivity contribution >= 4 is 10.0 Å².